The van der Waals surface area contributed by atoms with E-state index in [0.717, 1.165) is 24.8 Å². The van der Waals surface area contributed by atoms with Crippen molar-refractivity contribution in [1.82, 2.24) is 4.90 Å². The van der Waals surface area contributed by atoms with Crippen molar-refractivity contribution < 1.29 is 19.8 Å². The molecule has 1 aliphatic carbocycles. The molecule has 5 nitrogen and oxygen atoms in total. The highest BCUT2D eigenvalue weighted by molar-refractivity contribution is 7.10. The van der Waals surface area contributed by atoms with Crippen LogP contribution in [-0.2, 0) is 17.6 Å². The van der Waals surface area contributed by atoms with E-state index in [1.165, 1.54) is 16.9 Å². The molecule has 2 atom stereocenters. The molecule has 0 saturated carbocycles. The molecule has 1 fully saturated rings. The minimum Gasteiger partial charge on any atom is -0.481 e. The van der Waals surface area contributed by atoms with Crippen molar-refractivity contribution in [3.05, 3.63) is 21.4 Å². The van der Waals surface area contributed by atoms with Crippen LogP contribution in [0, 0.1) is 5.41 Å². The number of likely N-dealkylation sites (tertiary alicyclic amines) is 1. The lowest BCUT2D eigenvalue weighted by Crippen LogP contribution is -2.56. The molecule has 1 aromatic heterocycles. The zero-order valence-corrected chi connectivity index (χ0v) is 14.9. The highest BCUT2D eigenvalue weighted by Gasteiger charge is 2.48. The van der Waals surface area contributed by atoms with Crippen molar-refractivity contribution >= 4 is 23.2 Å². The third-order valence-corrected chi connectivity index (χ3v) is 6.65. The molecule has 132 valence electrons. The summed E-state index contributed by atoms with van der Waals surface area (Å²) >= 11 is 1.65. The third-order valence-electron chi connectivity index (χ3n) is 5.56. The zero-order valence-electron chi connectivity index (χ0n) is 14.1. The maximum Gasteiger partial charge on any atom is 0.312 e. The van der Waals surface area contributed by atoms with E-state index in [0.29, 0.717) is 25.8 Å². The zero-order chi connectivity index (χ0) is 17.3. The van der Waals surface area contributed by atoms with Gasteiger partial charge in [0.2, 0.25) is 0 Å². The predicted octanol–water partition coefficient (Wildman–Crippen LogP) is 2.70. The number of rotatable bonds is 4. The van der Waals surface area contributed by atoms with E-state index in [4.69, 9.17) is 0 Å². The Morgan fingerprint density at radius 2 is 2.12 bits per heavy atom. The summed E-state index contributed by atoms with van der Waals surface area (Å²) in [4.78, 5) is 27.6. The quantitative estimate of drug-likeness (QED) is 0.874. The molecule has 1 saturated heterocycles. The molecule has 1 amide bonds. The molecule has 0 spiro atoms. The molecular formula is C18H25NO4S. The van der Waals surface area contributed by atoms with Gasteiger partial charge < -0.3 is 15.1 Å². The van der Waals surface area contributed by atoms with Gasteiger partial charge in [-0.1, -0.05) is 13.3 Å². The Labute approximate surface area is 146 Å². The summed E-state index contributed by atoms with van der Waals surface area (Å²) in [6, 6.07) is 0. The Bertz CT molecular complexity index is 641. The second-order valence-corrected chi connectivity index (χ2v) is 7.95. The number of hydrogen-bond acceptors (Lipinski definition) is 4. The second-order valence-electron chi connectivity index (χ2n) is 6.99. The van der Waals surface area contributed by atoms with Gasteiger partial charge in [0.25, 0.3) is 5.91 Å². The number of aryl methyl sites for hydroxylation is 1. The van der Waals surface area contributed by atoms with E-state index in [9.17, 15) is 19.8 Å². The van der Waals surface area contributed by atoms with Crippen LogP contribution in [0.15, 0.2) is 5.38 Å². The smallest absolute Gasteiger partial charge is 0.312 e. The van der Waals surface area contributed by atoms with Crippen molar-refractivity contribution in [1.29, 1.82) is 0 Å². The molecule has 0 unspecified atom stereocenters. The first kappa shape index (κ1) is 17.4. The fourth-order valence-corrected chi connectivity index (χ4v) is 5.22. The average Bonchev–Trinajstić information content (AvgIpc) is 3.00. The number of carboxylic acid groups (broad SMARTS) is 1. The van der Waals surface area contributed by atoms with Crippen molar-refractivity contribution in [2.75, 3.05) is 13.1 Å². The highest BCUT2D eigenvalue weighted by atomic mass is 32.1. The second kappa shape index (κ2) is 6.84. The largest absolute Gasteiger partial charge is 0.481 e. The van der Waals surface area contributed by atoms with Crippen LogP contribution < -0.4 is 0 Å². The molecule has 0 radical (unpaired) electrons. The molecule has 24 heavy (non-hydrogen) atoms. The molecule has 2 heterocycles. The number of hydrogen-bond donors (Lipinski definition) is 2. The number of nitrogens with zero attached hydrogens (tertiary/aromatic N) is 1. The molecule has 0 bridgehead atoms. The summed E-state index contributed by atoms with van der Waals surface area (Å²) in [7, 11) is 0. The number of piperidine rings is 1. The van der Waals surface area contributed by atoms with E-state index in [-0.39, 0.29) is 12.5 Å². The normalized spacial score (nSPS) is 26.9. The van der Waals surface area contributed by atoms with E-state index in [1.807, 2.05) is 12.3 Å². The van der Waals surface area contributed by atoms with Gasteiger partial charge in [-0.2, -0.15) is 0 Å². The summed E-state index contributed by atoms with van der Waals surface area (Å²) in [5, 5.41) is 22.0. The molecule has 0 aromatic carbocycles. The summed E-state index contributed by atoms with van der Waals surface area (Å²) < 4.78 is 0. The molecule has 2 aliphatic rings. The van der Waals surface area contributed by atoms with Crippen molar-refractivity contribution in [3.8, 4) is 0 Å². The minimum absolute atomic E-state index is 0.0519. The molecule has 1 aliphatic heterocycles. The number of β-amino-alcohol motifs (C(OH)–C–C–N with tert-alkyl or cyclic N) is 1. The Morgan fingerprint density at radius 3 is 2.79 bits per heavy atom. The maximum atomic E-state index is 12.9. The molecular weight excluding hydrogens is 326 g/mol. The Balaban J connectivity index is 1.77. The Morgan fingerprint density at radius 1 is 1.38 bits per heavy atom. The van der Waals surface area contributed by atoms with E-state index < -0.39 is 17.5 Å². The lowest BCUT2D eigenvalue weighted by atomic mass is 9.72. The van der Waals surface area contributed by atoms with Crippen LogP contribution in [0.2, 0.25) is 0 Å². The lowest BCUT2D eigenvalue weighted by molar-refractivity contribution is -0.162. The molecule has 2 N–H and O–H groups in total. The van der Waals surface area contributed by atoms with Crippen LogP contribution >= 0.6 is 11.3 Å². The van der Waals surface area contributed by atoms with Gasteiger partial charge in [0, 0.05) is 23.3 Å². The van der Waals surface area contributed by atoms with Gasteiger partial charge in [-0.05, 0) is 44.1 Å². The first-order valence-electron chi connectivity index (χ1n) is 8.79. The van der Waals surface area contributed by atoms with Crippen LogP contribution in [0.5, 0.6) is 0 Å². The van der Waals surface area contributed by atoms with Gasteiger partial charge in [0.05, 0.1) is 17.1 Å². The standard InChI is InChI=1S/C18H25NO4S/c1-2-7-18(17(22)23)8-9-19(10-15(18)20)16(21)13-11-24-14-6-4-3-5-12(13)14/h11,15,20H,2-10H2,1H3,(H,22,23)/t15-,18-/m0/s1. The Hall–Kier alpha value is -1.40. The number of carbonyl (C=O) groups excluding carboxylic acids is 1. The van der Waals surface area contributed by atoms with Gasteiger partial charge in [0.1, 0.15) is 0 Å². The minimum atomic E-state index is -1.11. The molecule has 3 rings (SSSR count). The van der Waals surface area contributed by atoms with Crippen LogP contribution in [-0.4, -0.2) is 46.2 Å². The molecule has 1 aromatic rings. The van der Waals surface area contributed by atoms with Crippen LogP contribution in [0.3, 0.4) is 0 Å². The third kappa shape index (κ3) is 2.86. The highest BCUT2D eigenvalue weighted by Crippen LogP contribution is 2.38. The SMILES string of the molecule is CCC[C@]1(C(=O)O)CCN(C(=O)c2csc3c2CCCC3)C[C@@H]1O. The molecule has 6 heteroatoms. The van der Waals surface area contributed by atoms with Crippen LogP contribution in [0.1, 0.15) is 59.8 Å². The number of aliphatic hydroxyl groups excluding tert-OH is 1. The number of carbonyl (C=O) groups is 2. The van der Waals surface area contributed by atoms with Gasteiger partial charge in [-0.15, -0.1) is 11.3 Å². The fraction of sp³-hybridized carbons (Fsp3) is 0.667. The predicted molar refractivity (Wildman–Crippen MR) is 92.5 cm³/mol. The number of fused-ring (bicyclic) bond motifs is 1. The lowest BCUT2D eigenvalue weighted by Gasteiger charge is -2.42. The van der Waals surface area contributed by atoms with Gasteiger partial charge in [-0.25, -0.2) is 0 Å². The Kier molecular flexibility index (Phi) is 4.97. The summed E-state index contributed by atoms with van der Waals surface area (Å²) in [6.07, 6.45) is 4.75. The summed E-state index contributed by atoms with van der Waals surface area (Å²) in [5.41, 5.74) is 0.828. The first-order valence-corrected chi connectivity index (χ1v) is 9.67. The van der Waals surface area contributed by atoms with Crippen LogP contribution in [0.25, 0.3) is 0 Å². The van der Waals surface area contributed by atoms with E-state index >= 15 is 0 Å². The van der Waals surface area contributed by atoms with Gasteiger partial charge in [-0.3, -0.25) is 9.59 Å². The van der Waals surface area contributed by atoms with E-state index in [2.05, 4.69) is 0 Å². The fourth-order valence-electron chi connectivity index (χ4n) is 4.10. The number of amides is 1. The van der Waals surface area contributed by atoms with Crippen molar-refractivity contribution in [2.24, 2.45) is 5.41 Å². The van der Waals surface area contributed by atoms with Crippen molar-refractivity contribution in [2.45, 2.75) is 58.0 Å². The van der Waals surface area contributed by atoms with E-state index in [1.54, 1.807) is 16.2 Å². The number of aliphatic carboxylic acids is 1. The van der Waals surface area contributed by atoms with Gasteiger partial charge in [0.15, 0.2) is 0 Å². The monoisotopic (exact) mass is 351 g/mol. The number of aliphatic hydroxyl groups is 1. The summed E-state index contributed by atoms with van der Waals surface area (Å²) in [5.74, 6) is -0.999. The first-order chi connectivity index (χ1) is 11.5. The van der Waals surface area contributed by atoms with Crippen LogP contribution in [0.4, 0.5) is 0 Å². The average molecular weight is 351 g/mol. The maximum absolute atomic E-state index is 12.9. The summed E-state index contributed by atoms with van der Waals surface area (Å²) in [6.45, 7) is 2.43. The number of thiophene rings is 1. The van der Waals surface area contributed by atoms with Crippen molar-refractivity contribution in [3.63, 3.8) is 0 Å². The van der Waals surface area contributed by atoms with Gasteiger partial charge >= 0.3 is 5.97 Å². The number of carboxylic acids is 1. The topological polar surface area (TPSA) is 77.8 Å².